The normalized spacial score (nSPS) is 16.3. The highest BCUT2D eigenvalue weighted by molar-refractivity contribution is 9.12. The molecule has 1 fully saturated rings. The van der Waals surface area contributed by atoms with Crippen LogP contribution in [0.1, 0.15) is 96.8 Å². The van der Waals surface area contributed by atoms with Crippen LogP contribution < -0.4 is 0 Å². The molecule has 1 nitrogen and oxygen atoms in total. The van der Waals surface area contributed by atoms with Crippen LogP contribution in [0.2, 0.25) is 0 Å². The van der Waals surface area contributed by atoms with Crippen molar-refractivity contribution in [3.8, 4) is 10.8 Å². The van der Waals surface area contributed by atoms with E-state index in [0.29, 0.717) is 0 Å². The second-order valence-electron chi connectivity index (χ2n) is 7.54. The average molecular weight is 385 g/mol. The Kier molecular flexibility index (Phi) is 13.1. The van der Waals surface area contributed by atoms with Crippen molar-refractivity contribution in [3.05, 3.63) is 0 Å². The second-order valence-corrected chi connectivity index (χ2v) is 7.93. The van der Waals surface area contributed by atoms with Crippen molar-refractivity contribution in [1.82, 2.24) is 0 Å². The molecular weight excluding hydrogens is 346 g/mol. The van der Waals surface area contributed by atoms with E-state index in [1.54, 1.807) is 0 Å². The van der Waals surface area contributed by atoms with Gasteiger partial charge in [-0.3, -0.25) is 0 Å². The van der Waals surface area contributed by atoms with Crippen molar-refractivity contribution >= 4 is 15.9 Å². The quantitative estimate of drug-likeness (QED) is 0.178. The highest BCUT2D eigenvalue weighted by atomic mass is 79.9. The Hall–Kier alpha value is 0. The fraction of sp³-hybridized carbons (Fsp3) is 0.905. The number of quaternary nitrogens is 1. The first-order valence-corrected chi connectivity index (χ1v) is 11.1. The molecule has 1 aliphatic rings. The molecule has 0 unspecified atom stereocenters. The second kappa shape index (κ2) is 14.4. The van der Waals surface area contributed by atoms with Gasteiger partial charge in [-0.2, -0.15) is 0 Å². The molecule has 0 saturated carbocycles. The summed E-state index contributed by atoms with van der Waals surface area (Å²) in [5.41, 5.74) is 0. The Morgan fingerprint density at radius 1 is 0.739 bits per heavy atom. The molecule has 0 N–H and O–H groups in total. The van der Waals surface area contributed by atoms with Crippen molar-refractivity contribution in [2.24, 2.45) is 0 Å². The summed E-state index contributed by atoms with van der Waals surface area (Å²) >= 11 is 3.25. The molecule has 0 aliphatic carbocycles. The predicted molar refractivity (Wildman–Crippen MR) is 107 cm³/mol. The van der Waals surface area contributed by atoms with E-state index < -0.39 is 0 Å². The van der Waals surface area contributed by atoms with E-state index >= 15 is 0 Å². The lowest BCUT2D eigenvalue weighted by atomic mass is 10.1. The topological polar surface area (TPSA) is 0 Å². The number of halogens is 1. The SMILES string of the molecule is CCCCCCCCCCCCCC[N+]1(CC#CBr)CCCC1. The maximum atomic E-state index is 3.26. The summed E-state index contributed by atoms with van der Waals surface area (Å²) in [5.74, 6) is 3.26. The number of hydrogen-bond acceptors (Lipinski definition) is 0. The lowest BCUT2D eigenvalue weighted by molar-refractivity contribution is -0.910. The minimum atomic E-state index is 1.06. The number of unbranched alkanes of at least 4 members (excludes halogenated alkanes) is 11. The van der Waals surface area contributed by atoms with Crippen LogP contribution in [0.15, 0.2) is 0 Å². The van der Waals surface area contributed by atoms with Crippen molar-refractivity contribution in [2.45, 2.75) is 96.8 Å². The summed E-state index contributed by atoms with van der Waals surface area (Å²) in [4.78, 5) is 2.91. The number of hydrogen-bond donors (Lipinski definition) is 0. The van der Waals surface area contributed by atoms with Gasteiger partial charge in [-0.25, -0.2) is 0 Å². The monoisotopic (exact) mass is 384 g/mol. The predicted octanol–water partition coefficient (Wildman–Crippen LogP) is 6.65. The molecule has 0 radical (unpaired) electrons. The van der Waals surface area contributed by atoms with Gasteiger partial charge in [0.25, 0.3) is 0 Å². The Morgan fingerprint density at radius 2 is 1.22 bits per heavy atom. The Bertz CT molecular complexity index is 322. The van der Waals surface area contributed by atoms with Gasteiger partial charge in [0.1, 0.15) is 6.54 Å². The number of rotatable bonds is 14. The Balaban J connectivity index is 1.91. The van der Waals surface area contributed by atoms with E-state index in [9.17, 15) is 0 Å². The summed E-state index contributed by atoms with van der Waals surface area (Å²) in [6.45, 7) is 7.43. The van der Waals surface area contributed by atoms with Gasteiger partial charge in [-0.15, -0.1) is 0 Å². The smallest absolute Gasteiger partial charge is 0.141 e. The van der Waals surface area contributed by atoms with Gasteiger partial charge < -0.3 is 4.48 Å². The van der Waals surface area contributed by atoms with Crippen LogP contribution in [0.5, 0.6) is 0 Å². The third kappa shape index (κ3) is 10.5. The third-order valence-corrected chi connectivity index (χ3v) is 5.76. The lowest BCUT2D eigenvalue weighted by Gasteiger charge is -2.32. The maximum Gasteiger partial charge on any atom is 0.141 e. The van der Waals surface area contributed by atoms with Crippen molar-refractivity contribution in [3.63, 3.8) is 0 Å². The molecule has 0 bridgehead atoms. The third-order valence-electron chi connectivity index (χ3n) is 5.48. The molecule has 0 aromatic rings. The fourth-order valence-corrected chi connectivity index (χ4v) is 4.08. The van der Waals surface area contributed by atoms with E-state index in [2.05, 4.69) is 33.6 Å². The van der Waals surface area contributed by atoms with Crippen molar-refractivity contribution in [1.29, 1.82) is 0 Å². The molecule has 2 heteroatoms. The molecule has 0 amide bonds. The molecule has 0 spiro atoms. The fourth-order valence-electron chi connectivity index (χ4n) is 3.95. The van der Waals surface area contributed by atoms with Crippen LogP contribution in [0.3, 0.4) is 0 Å². The first-order valence-electron chi connectivity index (χ1n) is 10.3. The van der Waals surface area contributed by atoms with Crippen molar-refractivity contribution in [2.75, 3.05) is 26.2 Å². The molecule has 23 heavy (non-hydrogen) atoms. The number of nitrogens with zero attached hydrogens (tertiary/aromatic N) is 1. The van der Waals surface area contributed by atoms with E-state index in [1.165, 1.54) is 114 Å². The van der Waals surface area contributed by atoms with Gasteiger partial charge in [-0.1, -0.05) is 71.1 Å². The molecule has 134 valence electrons. The zero-order chi connectivity index (χ0) is 16.6. The maximum absolute atomic E-state index is 3.26. The van der Waals surface area contributed by atoms with Crippen LogP contribution in [-0.4, -0.2) is 30.7 Å². The van der Waals surface area contributed by atoms with E-state index in [-0.39, 0.29) is 0 Å². The first kappa shape index (κ1) is 21.0. The average Bonchev–Trinajstić information content (AvgIpc) is 3.03. The van der Waals surface area contributed by atoms with Crippen LogP contribution in [0.4, 0.5) is 0 Å². The van der Waals surface area contributed by atoms with E-state index in [0.717, 1.165) is 6.54 Å². The van der Waals surface area contributed by atoms with Gasteiger partial charge in [0.2, 0.25) is 0 Å². The molecule has 0 aromatic carbocycles. The van der Waals surface area contributed by atoms with E-state index in [4.69, 9.17) is 0 Å². The van der Waals surface area contributed by atoms with Gasteiger partial charge >= 0.3 is 0 Å². The first-order chi connectivity index (χ1) is 11.3. The lowest BCUT2D eigenvalue weighted by Crippen LogP contribution is -2.46. The molecule has 1 aliphatic heterocycles. The largest absolute Gasteiger partial charge is 0.313 e. The van der Waals surface area contributed by atoms with Gasteiger partial charge in [-0.05, 0) is 23.6 Å². The Morgan fingerprint density at radius 3 is 1.70 bits per heavy atom. The minimum absolute atomic E-state index is 1.06. The van der Waals surface area contributed by atoms with Crippen molar-refractivity contribution < 1.29 is 4.48 Å². The zero-order valence-corrected chi connectivity index (χ0v) is 17.1. The standard InChI is InChI=1S/C21H39BrN/c1-2-3-4-5-6-7-8-9-10-11-12-13-18-23(21-16-17-22)19-14-15-20-23/h2-15,18-21H2,1H3/q+1. The highest BCUT2D eigenvalue weighted by Gasteiger charge is 2.30. The summed E-state index contributed by atoms with van der Waals surface area (Å²) in [6, 6.07) is 0. The van der Waals surface area contributed by atoms with Gasteiger partial charge in [0.15, 0.2) is 0 Å². The Labute approximate surface area is 154 Å². The molecule has 1 rings (SSSR count). The molecule has 0 aromatic heterocycles. The van der Waals surface area contributed by atoms with Crippen LogP contribution in [-0.2, 0) is 0 Å². The molecule has 0 atom stereocenters. The molecule has 1 heterocycles. The summed E-state index contributed by atoms with van der Waals surface area (Å²) in [6.07, 6.45) is 20.1. The highest BCUT2D eigenvalue weighted by Crippen LogP contribution is 2.21. The summed E-state index contributed by atoms with van der Waals surface area (Å²) in [5, 5.41) is 0. The van der Waals surface area contributed by atoms with E-state index in [1.807, 2.05) is 0 Å². The van der Waals surface area contributed by atoms with Crippen LogP contribution >= 0.6 is 15.9 Å². The molecule has 1 saturated heterocycles. The molecular formula is C21H39BrN+. The zero-order valence-electron chi connectivity index (χ0n) is 15.6. The minimum Gasteiger partial charge on any atom is -0.313 e. The van der Waals surface area contributed by atoms with Gasteiger partial charge in [0, 0.05) is 28.8 Å². The number of likely N-dealkylation sites (tertiary alicyclic amines) is 1. The summed E-state index contributed by atoms with van der Waals surface area (Å²) in [7, 11) is 0. The van der Waals surface area contributed by atoms with Crippen LogP contribution in [0, 0.1) is 10.8 Å². The van der Waals surface area contributed by atoms with Crippen LogP contribution in [0.25, 0.3) is 0 Å². The van der Waals surface area contributed by atoms with Gasteiger partial charge in [0.05, 0.1) is 19.6 Å². The summed E-state index contributed by atoms with van der Waals surface area (Å²) < 4.78 is 1.27.